The number of anilines is 1. The van der Waals surface area contributed by atoms with E-state index in [1.54, 1.807) is 29.2 Å². The van der Waals surface area contributed by atoms with Gasteiger partial charge < -0.3 is 9.64 Å². The molecule has 0 bridgehead atoms. The molecule has 0 N–H and O–H groups in total. The summed E-state index contributed by atoms with van der Waals surface area (Å²) >= 11 is 0. The van der Waals surface area contributed by atoms with Crippen LogP contribution in [0.4, 0.5) is 5.69 Å². The number of carbonyl (C=O) groups is 3. The molecule has 0 radical (unpaired) electrons. The Kier molecular flexibility index (Phi) is 5.84. The molecule has 1 heterocycles. The number of nitrogens with zero attached hydrogens (tertiary/aromatic N) is 2. The third-order valence-corrected chi connectivity index (χ3v) is 5.86. The van der Waals surface area contributed by atoms with Gasteiger partial charge in [0.05, 0.1) is 12.1 Å². The van der Waals surface area contributed by atoms with Gasteiger partial charge in [0.1, 0.15) is 11.8 Å². The molecular weight excluding hydrogens is 380 g/mol. The SMILES string of the molecule is Cc1ccc(N2C(=O)CC(N(C(=O)COc3ccccc3)C3CCCC3)C2=O)cc1. The van der Waals surface area contributed by atoms with Crippen LogP contribution in [0.15, 0.2) is 54.6 Å². The van der Waals surface area contributed by atoms with Gasteiger partial charge in [-0.3, -0.25) is 14.4 Å². The number of rotatable bonds is 6. The second-order valence-electron chi connectivity index (χ2n) is 7.96. The molecule has 1 atom stereocenters. The van der Waals surface area contributed by atoms with E-state index in [9.17, 15) is 14.4 Å². The third-order valence-electron chi connectivity index (χ3n) is 5.86. The van der Waals surface area contributed by atoms with E-state index in [1.165, 1.54) is 4.90 Å². The molecule has 30 heavy (non-hydrogen) atoms. The first-order valence-electron chi connectivity index (χ1n) is 10.5. The molecule has 0 spiro atoms. The van der Waals surface area contributed by atoms with Crippen molar-refractivity contribution < 1.29 is 19.1 Å². The van der Waals surface area contributed by atoms with E-state index in [2.05, 4.69) is 0 Å². The molecule has 1 saturated carbocycles. The summed E-state index contributed by atoms with van der Waals surface area (Å²) in [6.07, 6.45) is 3.74. The fourth-order valence-electron chi connectivity index (χ4n) is 4.35. The summed E-state index contributed by atoms with van der Waals surface area (Å²) in [5.41, 5.74) is 1.60. The highest BCUT2D eigenvalue weighted by Gasteiger charge is 2.46. The lowest BCUT2D eigenvalue weighted by atomic mass is 10.1. The first-order valence-corrected chi connectivity index (χ1v) is 10.5. The quantitative estimate of drug-likeness (QED) is 0.689. The van der Waals surface area contributed by atoms with Gasteiger partial charge in [-0.15, -0.1) is 0 Å². The van der Waals surface area contributed by atoms with Crippen molar-refractivity contribution in [2.24, 2.45) is 0 Å². The minimum Gasteiger partial charge on any atom is -0.484 e. The van der Waals surface area contributed by atoms with Gasteiger partial charge in [-0.1, -0.05) is 48.7 Å². The van der Waals surface area contributed by atoms with Crippen LogP contribution < -0.4 is 9.64 Å². The summed E-state index contributed by atoms with van der Waals surface area (Å²) in [5.74, 6) is -0.243. The van der Waals surface area contributed by atoms with Gasteiger partial charge in [-0.05, 0) is 44.0 Å². The van der Waals surface area contributed by atoms with Crippen molar-refractivity contribution in [2.45, 2.75) is 51.1 Å². The first-order chi connectivity index (χ1) is 14.5. The number of ether oxygens (including phenoxy) is 1. The molecule has 2 aromatic carbocycles. The molecule has 2 fully saturated rings. The third kappa shape index (κ3) is 4.08. The Morgan fingerprint density at radius 1 is 1.03 bits per heavy atom. The Balaban J connectivity index is 1.54. The van der Waals surface area contributed by atoms with E-state index >= 15 is 0 Å². The zero-order chi connectivity index (χ0) is 21.1. The molecule has 6 nitrogen and oxygen atoms in total. The van der Waals surface area contributed by atoms with Crippen LogP contribution in [0.25, 0.3) is 0 Å². The van der Waals surface area contributed by atoms with Gasteiger partial charge >= 0.3 is 0 Å². The normalized spacial score (nSPS) is 19.4. The van der Waals surface area contributed by atoms with Gasteiger partial charge in [0.15, 0.2) is 6.61 Å². The van der Waals surface area contributed by atoms with Crippen LogP contribution in [0.1, 0.15) is 37.7 Å². The molecule has 3 amide bonds. The number of carbonyl (C=O) groups excluding carboxylic acids is 3. The maximum Gasteiger partial charge on any atom is 0.261 e. The number of aryl methyl sites for hydroxylation is 1. The zero-order valence-electron chi connectivity index (χ0n) is 17.1. The molecule has 156 valence electrons. The van der Waals surface area contributed by atoms with Crippen molar-refractivity contribution in [2.75, 3.05) is 11.5 Å². The highest BCUT2D eigenvalue weighted by Crippen LogP contribution is 2.32. The van der Waals surface area contributed by atoms with Crippen molar-refractivity contribution in [3.8, 4) is 5.75 Å². The number of imide groups is 1. The molecule has 6 heteroatoms. The number of amides is 3. The van der Waals surface area contributed by atoms with Crippen LogP contribution in [0.3, 0.4) is 0 Å². The van der Waals surface area contributed by atoms with E-state index in [4.69, 9.17) is 4.74 Å². The van der Waals surface area contributed by atoms with Crippen LogP contribution in [0.5, 0.6) is 5.75 Å². The van der Waals surface area contributed by atoms with Crippen molar-refractivity contribution in [3.05, 3.63) is 60.2 Å². The second-order valence-corrected chi connectivity index (χ2v) is 7.96. The van der Waals surface area contributed by atoms with Crippen molar-refractivity contribution in [1.29, 1.82) is 0 Å². The number of hydrogen-bond acceptors (Lipinski definition) is 4. The van der Waals surface area contributed by atoms with Gasteiger partial charge in [0.25, 0.3) is 11.8 Å². The smallest absolute Gasteiger partial charge is 0.261 e. The van der Waals surface area contributed by atoms with Gasteiger partial charge in [-0.2, -0.15) is 0 Å². The fraction of sp³-hybridized carbons (Fsp3) is 0.375. The lowest BCUT2D eigenvalue weighted by molar-refractivity contribution is -0.142. The summed E-state index contributed by atoms with van der Waals surface area (Å²) in [4.78, 5) is 42.0. The molecule has 4 rings (SSSR count). The zero-order valence-corrected chi connectivity index (χ0v) is 17.1. The molecule has 1 saturated heterocycles. The standard InChI is InChI=1S/C24H26N2O4/c1-17-11-13-19(14-12-17)26-22(27)15-21(24(26)29)25(18-7-5-6-8-18)23(28)16-30-20-9-3-2-4-10-20/h2-4,9-14,18,21H,5-8,15-16H2,1H3. The van der Waals surface area contributed by atoms with Crippen LogP contribution in [0.2, 0.25) is 0 Å². The van der Waals surface area contributed by atoms with Crippen molar-refractivity contribution in [1.82, 2.24) is 4.90 Å². The Morgan fingerprint density at radius 3 is 2.37 bits per heavy atom. The molecule has 0 aromatic heterocycles. The minimum atomic E-state index is -0.770. The van der Waals surface area contributed by atoms with Gasteiger partial charge in [0, 0.05) is 6.04 Å². The Labute approximate surface area is 176 Å². The summed E-state index contributed by atoms with van der Waals surface area (Å²) < 4.78 is 5.65. The van der Waals surface area contributed by atoms with Crippen molar-refractivity contribution >= 4 is 23.4 Å². The van der Waals surface area contributed by atoms with Crippen LogP contribution in [0, 0.1) is 6.92 Å². The van der Waals surface area contributed by atoms with E-state index < -0.39 is 6.04 Å². The lowest BCUT2D eigenvalue weighted by Crippen LogP contribution is -2.51. The predicted molar refractivity (Wildman–Crippen MR) is 113 cm³/mol. The van der Waals surface area contributed by atoms with Crippen LogP contribution in [-0.4, -0.2) is 41.3 Å². The second kappa shape index (κ2) is 8.69. The van der Waals surface area contributed by atoms with Gasteiger partial charge in [0.2, 0.25) is 5.91 Å². The monoisotopic (exact) mass is 406 g/mol. The van der Waals surface area contributed by atoms with E-state index in [0.717, 1.165) is 31.2 Å². The highest BCUT2D eigenvalue weighted by atomic mass is 16.5. The average Bonchev–Trinajstić information content (AvgIpc) is 3.37. The van der Waals surface area contributed by atoms with E-state index in [-0.39, 0.29) is 36.8 Å². The fourth-order valence-corrected chi connectivity index (χ4v) is 4.35. The maximum absolute atomic E-state index is 13.2. The van der Waals surface area contributed by atoms with Crippen molar-refractivity contribution in [3.63, 3.8) is 0 Å². The molecule has 2 aliphatic rings. The summed E-state index contributed by atoms with van der Waals surface area (Å²) in [6, 6.07) is 15.6. The first kappa shape index (κ1) is 20.1. The van der Waals surface area contributed by atoms with Crippen LogP contribution >= 0.6 is 0 Å². The Morgan fingerprint density at radius 2 is 1.70 bits per heavy atom. The van der Waals surface area contributed by atoms with E-state index in [0.29, 0.717) is 11.4 Å². The number of para-hydroxylation sites is 1. The summed E-state index contributed by atoms with van der Waals surface area (Å²) in [5, 5.41) is 0. The minimum absolute atomic E-state index is 0.0142. The molecular formula is C24H26N2O4. The summed E-state index contributed by atoms with van der Waals surface area (Å²) in [7, 11) is 0. The predicted octanol–water partition coefficient (Wildman–Crippen LogP) is 3.48. The number of hydrogen-bond donors (Lipinski definition) is 0. The largest absolute Gasteiger partial charge is 0.484 e. The van der Waals surface area contributed by atoms with E-state index in [1.807, 2.05) is 37.3 Å². The Hall–Kier alpha value is -3.15. The molecule has 1 aliphatic heterocycles. The maximum atomic E-state index is 13.2. The van der Waals surface area contributed by atoms with Crippen LogP contribution in [-0.2, 0) is 14.4 Å². The molecule has 1 aliphatic carbocycles. The number of benzene rings is 2. The Bertz CT molecular complexity index is 920. The lowest BCUT2D eigenvalue weighted by Gasteiger charge is -2.33. The topological polar surface area (TPSA) is 66.9 Å². The van der Waals surface area contributed by atoms with Gasteiger partial charge in [-0.25, -0.2) is 4.90 Å². The highest BCUT2D eigenvalue weighted by molar-refractivity contribution is 6.23. The molecule has 1 unspecified atom stereocenters. The molecule has 2 aromatic rings. The summed E-state index contributed by atoms with van der Waals surface area (Å²) in [6.45, 7) is 1.80. The average molecular weight is 406 g/mol.